The first kappa shape index (κ1) is 19.4. The minimum absolute atomic E-state index is 0.306. The highest BCUT2D eigenvalue weighted by molar-refractivity contribution is 5.86. The summed E-state index contributed by atoms with van der Waals surface area (Å²) in [6.45, 7) is 4.08. The Kier molecular flexibility index (Phi) is 8.24. The summed E-state index contributed by atoms with van der Waals surface area (Å²) in [5.74, 6) is -1.75. The number of ether oxygens (including phenoxy) is 2. The second kappa shape index (κ2) is 10.2. The lowest BCUT2D eigenvalue weighted by molar-refractivity contribution is -0.152. The van der Waals surface area contributed by atoms with Crippen LogP contribution in [0.1, 0.15) is 13.8 Å². The van der Waals surface area contributed by atoms with E-state index >= 15 is 0 Å². The molecule has 8 heteroatoms. The fourth-order valence-corrected chi connectivity index (χ4v) is 2.02. The van der Waals surface area contributed by atoms with E-state index in [2.05, 4.69) is 0 Å². The molecule has 0 radical (unpaired) electrons. The maximum Gasteiger partial charge on any atom is 0.330 e. The van der Waals surface area contributed by atoms with Gasteiger partial charge in [-0.25, -0.2) is 9.59 Å². The zero-order valence-corrected chi connectivity index (χ0v) is 13.9. The summed E-state index contributed by atoms with van der Waals surface area (Å²) in [5, 5.41) is 0. The van der Waals surface area contributed by atoms with Crippen molar-refractivity contribution in [3.05, 3.63) is 24.3 Å². The Morgan fingerprint density at radius 3 is 1.38 bits per heavy atom. The summed E-state index contributed by atoms with van der Waals surface area (Å²) < 4.78 is 9.60. The molecule has 0 spiro atoms. The third kappa shape index (κ3) is 6.64. The Morgan fingerprint density at radius 2 is 1.08 bits per heavy atom. The van der Waals surface area contributed by atoms with Gasteiger partial charge in [-0.05, 0) is 13.8 Å². The van der Waals surface area contributed by atoms with Crippen LogP contribution in [-0.2, 0) is 28.7 Å². The predicted octanol–water partition coefficient (Wildman–Crippen LogP) is -0.104. The standard InChI is InChI=1S/C16H22N2O6/c1-3-5-15(21)23-11-13(19)17-7-9-18(10-8-17)14(20)12-24-16(22)6-4-2/h3-6H,7-12H2,1-2H3. The van der Waals surface area contributed by atoms with Gasteiger partial charge in [-0.2, -0.15) is 0 Å². The van der Waals surface area contributed by atoms with Crippen molar-refractivity contribution in [1.29, 1.82) is 0 Å². The average molecular weight is 338 g/mol. The number of allylic oxidation sites excluding steroid dienone is 2. The van der Waals surface area contributed by atoms with Crippen molar-refractivity contribution < 1.29 is 28.7 Å². The van der Waals surface area contributed by atoms with E-state index in [9.17, 15) is 19.2 Å². The molecule has 1 rings (SSSR count). The summed E-state index contributed by atoms with van der Waals surface area (Å²) in [4.78, 5) is 49.2. The average Bonchev–Trinajstić information content (AvgIpc) is 2.58. The maximum atomic E-state index is 11.9. The van der Waals surface area contributed by atoms with Crippen molar-refractivity contribution in [1.82, 2.24) is 9.80 Å². The van der Waals surface area contributed by atoms with Crippen molar-refractivity contribution >= 4 is 23.8 Å². The first-order valence-electron chi connectivity index (χ1n) is 7.62. The van der Waals surface area contributed by atoms with Crippen LogP contribution in [0.3, 0.4) is 0 Å². The third-order valence-electron chi connectivity index (χ3n) is 3.27. The summed E-state index contributed by atoms with van der Waals surface area (Å²) in [5.41, 5.74) is 0. The van der Waals surface area contributed by atoms with Crippen LogP contribution in [0.15, 0.2) is 24.3 Å². The highest BCUT2D eigenvalue weighted by atomic mass is 16.5. The minimum Gasteiger partial charge on any atom is -0.452 e. The van der Waals surface area contributed by atoms with Crippen molar-refractivity contribution in [2.75, 3.05) is 39.4 Å². The Hall–Kier alpha value is -2.64. The van der Waals surface area contributed by atoms with Gasteiger partial charge >= 0.3 is 11.9 Å². The molecule has 0 aromatic rings. The van der Waals surface area contributed by atoms with E-state index in [0.29, 0.717) is 26.2 Å². The lowest BCUT2D eigenvalue weighted by Crippen LogP contribution is -2.52. The van der Waals surface area contributed by atoms with Crippen LogP contribution in [0.5, 0.6) is 0 Å². The first-order valence-corrected chi connectivity index (χ1v) is 7.62. The van der Waals surface area contributed by atoms with E-state index in [1.807, 2.05) is 0 Å². The van der Waals surface area contributed by atoms with Crippen LogP contribution < -0.4 is 0 Å². The van der Waals surface area contributed by atoms with Crippen molar-refractivity contribution in [3.63, 3.8) is 0 Å². The van der Waals surface area contributed by atoms with Crippen LogP contribution >= 0.6 is 0 Å². The van der Waals surface area contributed by atoms with E-state index in [1.54, 1.807) is 13.8 Å². The largest absolute Gasteiger partial charge is 0.452 e. The second-order valence-corrected chi connectivity index (χ2v) is 4.98. The highest BCUT2D eigenvalue weighted by Gasteiger charge is 2.25. The number of esters is 2. The zero-order valence-electron chi connectivity index (χ0n) is 13.9. The molecular formula is C16H22N2O6. The summed E-state index contributed by atoms with van der Waals surface area (Å²) in [6.07, 6.45) is 5.53. The molecule has 0 aromatic carbocycles. The molecule has 0 bridgehead atoms. The monoisotopic (exact) mass is 338 g/mol. The topological polar surface area (TPSA) is 93.2 Å². The predicted molar refractivity (Wildman–Crippen MR) is 84.7 cm³/mol. The number of amides is 2. The highest BCUT2D eigenvalue weighted by Crippen LogP contribution is 2.04. The van der Waals surface area contributed by atoms with Gasteiger partial charge in [-0.15, -0.1) is 0 Å². The SMILES string of the molecule is CC=CC(=O)OCC(=O)N1CCN(C(=O)COC(=O)C=CC)CC1. The number of nitrogens with zero attached hydrogens (tertiary/aromatic N) is 2. The number of hydrogen-bond acceptors (Lipinski definition) is 6. The molecular weight excluding hydrogens is 316 g/mol. The van der Waals surface area contributed by atoms with Gasteiger partial charge in [0, 0.05) is 38.3 Å². The molecule has 0 atom stereocenters. The molecule has 24 heavy (non-hydrogen) atoms. The Balaban J connectivity index is 2.32. The Morgan fingerprint density at radius 1 is 0.750 bits per heavy atom. The smallest absolute Gasteiger partial charge is 0.330 e. The van der Waals surface area contributed by atoms with E-state index in [0.717, 1.165) is 0 Å². The quantitative estimate of drug-likeness (QED) is 0.496. The molecule has 1 aliphatic heterocycles. The van der Waals surface area contributed by atoms with Gasteiger partial charge in [0.2, 0.25) is 0 Å². The zero-order chi connectivity index (χ0) is 17.9. The summed E-state index contributed by atoms with van der Waals surface area (Å²) in [6, 6.07) is 0. The molecule has 0 unspecified atom stereocenters. The molecule has 0 aromatic heterocycles. The number of carbonyl (C=O) groups is 4. The fraction of sp³-hybridized carbons (Fsp3) is 0.500. The van der Waals surface area contributed by atoms with E-state index in [-0.39, 0.29) is 25.0 Å². The number of hydrogen-bond donors (Lipinski definition) is 0. The lowest BCUT2D eigenvalue weighted by Gasteiger charge is -2.34. The number of carbonyl (C=O) groups excluding carboxylic acids is 4. The van der Waals surface area contributed by atoms with Crippen LogP contribution in [-0.4, -0.2) is 72.9 Å². The molecule has 0 saturated carbocycles. The Bertz CT molecular complexity index is 485. The third-order valence-corrected chi connectivity index (χ3v) is 3.27. The normalized spacial score (nSPS) is 14.9. The van der Waals surface area contributed by atoms with Crippen molar-refractivity contribution in [2.24, 2.45) is 0 Å². The molecule has 0 N–H and O–H groups in total. The molecule has 132 valence electrons. The molecule has 1 saturated heterocycles. The van der Waals surface area contributed by atoms with E-state index in [4.69, 9.17) is 9.47 Å². The minimum atomic E-state index is -0.567. The molecule has 8 nitrogen and oxygen atoms in total. The Labute approximate surface area is 140 Å². The number of rotatable bonds is 6. The van der Waals surface area contributed by atoms with Crippen molar-refractivity contribution in [3.8, 4) is 0 Å². The van der Waals surface area contributed by atoms with E-state index < -0.39 is 11.9 Å². The van der Waals surface area contributed by atoms with Gasteiger partial charge in [0.25, 0.3) is 11.8 Å². The number of piperazine rings is 1. The van der Waals surface area contributed by atoms with Gasteiger partial charge in [0.1, 0.15) is 0 Å². The molecule has 1 heterocycles. The van der Waals surface area contributed by atoms with Gasteiger partial charge in [-0.1, -0.05) is 12.2 Å². The fourth-order valence-electron chi connectivity index (χ4n) is 2.02. The second-order valence-electron chi connectivity index (χ2n) is 4.98. The van der Waals surface area contributed by atoms with Crippen LogP contribution in [0.25, 0.3) is 0 Å². The van der Waals surface area contributed by atoms with Gasteiger partial charge in [0.05, 0.1) is 0 Å². The summed E-state index contributed by atoms with van der Waals surface area (Å²) in [7, 11) is 0. The molecule has 0 aliphatic carbocycles. The van der Waals surface area contributed by atoms with Crippen LogP contribution in [0.2, 0.25) is 0 Å². The van der Waals surface area contributed by atoms with Crippen molar-refractivity contribution in [2.45, 2.75) is 13.8 Å². The maximum absolute atomic E-state index is 11.9. The van der Waals surface area contributed by atoms with Gasteiger partial charge < -0.3 is 19.3 Å². The summed E-state index contributed by atoms with van der Waals surface area (Å²) >= 11 is 0. The first-order chi connectivity index (χ1) is 11.5. The van der Waals surface area contributed by atoms with Crippen LogP contribution in [0.4, 0.5) is 0 Å². The van der Waals surface area contributed by atoms with Gasteiger partial charge in [-0.3, -0.25) is 9.59 Å². The molecule has 1 fully saturated rings. The molecule has 1 aliphatic rings. The van der Waals surface area contributed by atoms with E-state index in [1.165, 1.54) is 34.1 Å². The van der Waals surface area contributed by atoms with Gasteiger partial charge in [0.15, 0.2) is 13.2 Å². The molecule has 2 amide bonds. The lowest BCUT2D eigenvalue weighted by atomic mass is 10.3. The van der Waals surface area contributed by atoms with Crippen LogP contribution in [0, 0.1) is 0 Å².